The number of rotatable bonds is 34. The Bertz CT molecular complexity index is 1050. The molecule has 0 saturated carbocycles. The van der Waals surface area contributed by atoms with Gasteiger partial charge in [0.15, 0.2) is 11.3 Å². The average Bonchev–Trinajstić information content (AvgIpc) is 3.16. The van der Waals surface area contributed by atoms with Crippen LogP contribution in [0.5, 0.6) is 0 Å². The molecule has 1 heterocycles. The Labute approximate surface area is 343 Å². The molecule has 2 unspecified atom stereocenters. The van der Waals surface area contributed by atoms with Crippen molar-refractivity contribution in [2.75, 3.05) is 19.6 Å². The van der Waals surface area contributed by atoms with Crippen LogP contribution in [-0.2, 0) is 23.9 Å². The molecule has 2 N–H and O–H groups in total. The zero-order valence-electron chi connectivity index (χ0n) is 37.3. The molecular weight excluding hydrogens is 703 g/mol. The zero-order chi connectivity index (χ0) is 41.5. The van der Waals surface area contributed by atoms with E-state index in [0.29, 0.717) is 58.2 Å². The molecule has 326 valence electrons. The van der Waals surface area contributed by atoms with E-state index >= 15 is 0 Å². The van der Waals surface area contributed by atoms with Crippen molar-refractivity contribution in [1.29, 1.82) is 0 Å². The lowest BCUT2D eigenvalue weighted by Gasteiger charge is -2.49. The number of piperidine rings is 1. The summed E-state index contributed by atoms with van der Waals surface area (Å²) in [5, 5.41) is 5.89. The first-order valence-electron chi connectivity index (χ1n) is 23.6. The van der Waals surface area contributed by atoms with E-state index in [0.717, 1.165) is 89.9 Å². The number of hydrogen-bond acceptors (Lipinski definition) is 6. The fourth-order valence-electron chi connectivity index (χ4n) is 8.17. The highest BCUT2D eigenvalue weighted by atomic mass is 16.6. The van der Waals surface area contributed by atoms with Crippen molar-refractivity contribution in [3.63, 3.8) is 0 Å². The molecule has 0 aromatic carbocycles. The topological polar surface area (TPSA) is 122 Å². The predicted molar refractivity (Wildman–Crippen MR) is 231 cm³/mol. The number of alkyl carbamates (subject to hydrolysis) is 1. The number of nitrogens with one attached hydrogen (secondary N) is 2. The van der Waals surface area contributed by atoms with E-state index in [9.17, 15) is 24.0 Å². The van der Waals surface area contributed by atoms with Crippen molar-refractivity contribution in [2.24, 2.45) is 5.92 Å². The van der Waals surface area contributed by atoms with Crippen molar-refractivity contribution >= 4 is 29.5 Å². The van der Waals surface area contributed by atoms with Gasteiger partial charge in [0.25, 0.3) is 5.91 Å². The Morgan fingerprint density at radius 2 is 1.00 bits per heavy atom. The number of hydrogen-bond donors (Lipinski definition) is 2. The second-order valence-corrected chi connectivity index (χ2v) is 17.6. The number of ether oxygens (including phenoxy) is 1. The largest absolute Gasteiger partial charge is 0.444 e. The summed E-state index contributed by atoms with van der Waals surface area (Å²) in [6, 6.07) is 0. The first kappa shape index (κ1) is 51.6. The molecule has 2 atom stereocenters. The fraction of sp³-hybridized carbons (Fsp3) is 0.894. The highest BCUT2D eigenvalue weighted by molar-refractivity contribution is 6.16. The van der Waals surface area contributed by atoms with Gasteiger partial charge in [0, 0.05) is 38.9 Å². The average molecular weight is 790 g/mol. The number of carbonyl (C=O) groups excluding carboxylic acids is 5. The lowest BCUT2D eigenvalue weighted by molar-refractivity contribution is -0.166. The van der Waals surface area contributed by atoms with Gasteiger partial charge in [-0.25, -0.2) is 4.79 Å². The minimum atomic E-state index is -1.78. The molecule has 0 radical (unpaired) electrons. The monoisotopic (exact) mass is 790 g/mol. The lowest BCUT2D eigenvalue weighted by Crippen LogP contribution is -2.72. The van der Waals surface area contributed by atoms with Crippen molar-refractivity contribution < 1.29 is 28.7 Å². The summed E-state index contributed by atoms with van der Waals surface area (Å²) in [5.74, 6) is -1.71. The van der Waals surface area contributed by atoms with Crippen molar-refractivity contribution in [3.8, 4) is 0 Å². The van der Waals surface area contributed by atoms with Crippen molar-refractivity contribution in [2.45, 2.75) is 245 Å². The Balaban J connectivity index is 3.18. The summed E-state index contributed by atoms with van der Waals surface area (Å²) in [6.45, 7) is 13.3. The van der Waals surface area contributed by atoms with E-state index in [1.54, 1.807) is 4.90 Å². The van der Waals surface area contributed by atoms with Crippen LogP contribution in [0.2, 0.25) is 0 Å². The summed E-state index contributed by atoms with van der Waals surface area (Å²) in [6.07, 6.45) is 27.1. The maximum Gasteiger partial charge on any atom is 0.407 e. The number of Topliss-reactive ketones (excluding diaryl/α,β-unsaturated/α-hetero) is 2. The SMILES string of the molecule is CCCCCCCCCC(=O)C1CCCN(C(=O)CCCCCCCCC)C1(C(=O)CCCCCCCCC)C(=O)NCCCCCCNC(=O)OC(C)(C)C. The first-order chi connectivity index (χ1) is 26.9. The van der Waals surface area contributed by atoms with Gasteiger partial charge >= 0.3 is 6.09 Å². The van der Waals surface area contributed by atoms with Crippen LogP contribution in [0.3, 0.4) is 0 Å². The molecule has 0 aromatic rings. The minimum absolute atomic E-state index is 0.0347. The third kappa shape index (κ3) is 21.3. The summed E-state index contributed by atoms with van der Waals surface area (Å²) < 4.78 is 5.31. The van der Waals surface area contributed by atoms with Gasteiger partial charge in [0.2, 0.25) is 5.91 Å². The number of ketones is 2. The van der Waals surface area contributed by atoms with E-state index in [1.165, 1.54) is 57.8 Å². The summed E-state index contributed by atoms with van der Waals surface area (Å²) in [5.41, 5.74) is -2.33. The molecule has 3 amide bonds. The van der Waals surface area contributed by atoms with Gasteiger partial charge < -0.3 is 20.3 Å². The molecule has 0 aliphatic carbocycles. The van der Waals surface area contributed by atoms with Gasteiger partial charge in [-0.1, -0.05) is 149 Å². The third-order valence-corrected chi connectivity index (χ3v) is 11.4. The molecule has 0 bridgehead atoms. The summed E-state index contributed by atoms with van der Waals surface area (Å²) in [7, 11) is 0. The Hall–Kier alpha value is -2.45. The molecule has 0 spiro atoms. The number of unbranched alkanes of at least 4 members (excludes halogenated alkanes) is 21. The van der Waals surface area contributed by atoms with Crippen molar-refractivity contribution in [1.82, 2.24) is 15.5 Å². The van der Waals surface area contributed by atoms with Crippen LogP contribution >= 0.6 is 0 Å². The minimum Gasteiger partial charge on any atom is -0.444 e. The maximum absolute atomic E-state index is 14.8. The number of nitrogens with zero attached hydrogens (tertiary/aromatic N) is 1. The van der Waals surface area contributed by atoms with Crippen LogP contribution in [0.4, 0.5) is 4.79 Å². The number of likely N-dealkylation sites (tertiary alicyclic amines) is 1. The molecule has 0 aromatic heterocycles. The Kier molecular flexibility index (Phi) is 29.0. The van der Waals surface area contributed by atoms with Crippen LogP contribution in [0.25, 0.3) is 0 Å². The van der Waals surface area contributed by atoms with Gasteiger partial charge in [-0.2, -0.15) is 0 Å². The summed E-state index contributed by atoms with van der Waals surface area (Å²) >= 11 is 0. The highest BCUT2D eigenvalue weighted by Gasteiger charge is 2.60. The standard InChI is InChI=1S/C47H87N3O6/c1-7-10-13-16-19-22-27-34-41(51)40-33-32-39-50(43(53)36-29-24-21-18-15-12-9-3)47(40,42(52)35-28-23-20-17-14-11-8-2)44(54)48-37-30-25-26-31-38-49-45(55)56-46(4,5)6/h40H,7-39H2,1-6H3,(H,48,54)(H,49,55). The lowest BCUT2D eigenvalue weighted by atomic mass is 9.68. The molecule has 9 nitrogen and oxygen atoms in total. The van der Waals surface area contributed by atoms with Crippen LogP contribution in [0, 0.1) is 5.92 Å². The zero-order valence-corrected chi connectivity index (χ0v) is 37.3. The van der Waals surface area contributed by atoms with Gasteiger partial charge in [-0.05, 0) is 65.7 Å². The van der Waals surface area contributed by atoms with Gasteiger partial charge in [0.05, 0.1) is 5.92 Å². The smallest absolute Gasteiger partial charge is 0.407 e. The highest BCUT2D eigenvalue weighted by Crippen LogP contribution is 2.39. The van der Waals surface area contributed by atoms with Crippen LogP contribution in [0.15, 0.2) is 0 Å². The van der Waals surface area contributed by atoms with E-state index in [4.69, 9.17) is 4.74 Å². The molecule has 1 saturated heterocycles. The summed E-state index contributed by atoms with van der Waals surface area (Å²) in [4.78, 5) is 71.6. The molecule has 1 aliphatic rings. The molecule has 9 heteroatoms. The second kappa shape index (κ2) is 31.5. The van der Waals surface area contributed by atoms with E-state index < -0.39 is 29.1 Å². The van der Waals surface area contributed by atoms with E-state index in [-0.39, 0.29) is 23.9 Å². The normalized spacial score (nSPS) is 17.1. The molecular formula is C47H87N3O6. The number of carbonyl (C=O) groups is 5. The fourth-order valence-corrected chi connectivity index (χ4v) is 8.17. The van der Waals surface area contributed by atoms with Crippen LogP contribution in [-0.4, -0.2) is 65.1 Å². The molecule has 56 heavy (non-hydrogen) atoms. The predicted octanol–water partition coefficient (Wildman–Crippen LogP) is 11.7. The van der Waals surface area contributed by atoms with Crippen LogP contribution < -0.4 is 10.6 Å². The molecule has 1 rings (SSSR count). The van der Waals surface area contributed by atoms with E-state index in [1.807, 2.05) is 20.8 Å². The second-order valence-electron chi connectivity index (χ2n) is 17.6. The van der Waals surface area contributed by atoms with Crippen LogP contribution in [0.1, 0.15) is 234 Å². The number of amides is 3. The molecule has 1 aliphatic heterocycles. The Morgan fingerprint density at radius 1 is 0.571 bits per heavy atom. The Morgan fingerprint density at radius 3 is 1.50 bits per heavy atom. The maximum atomic E-state index is 14.8. The van der Waals surface area contributed by atoms with E-state index in [2.05, 4.69) is 31.4 Å². The van der Waals surface area contributed by atoms with Gasteiger partial charge in [0.1, 0.15) is 11.4 Å². The molecule has 1 fully saturated rings. The quantitative estimate of drug-likeness (QED) is 0.0494. The van der Waals surface area contributed by atoms with Gasteiger partial charge in [-0.3, -0.25) is 19.2 Å². The first-order valence-corrected chi connectivity index (χ1v) is 23.6. The van der Waals surface area contributed by atoms with Gasteiger partial charge in [-0.15, -0.1) is 0 Å². The van der Waals surface area contributed by atoms with Crippen molar-refractivity contribution in [3.05, 3.63) is 0 Å². The third-order valence-electron chi connectivity index (χ3n) is 11.4.